The molecule has 6 nitrogen and oxygen atoms in total. The monoisotopic (exact) mass is 703 g/mol. The standard InChI is InChI=1S/C49H29N5O/c1-3-14-30(15-4-1)47-50-48(39-23-13-22-38-40-28-31-16-7-8-17-32(31)29-43(40)55-46(38)39)52-49(51-47)54-42-25-12-10-21-35(42)37-27-26-36-34-20-9-11-24-41(34)53(44(36)45(37)54)33-18-5-2-6-19-33/h1-29H. The molecule has 0 atom stereocenters. The van der Waals surface area contributed by atoms with Gasteiger partial charge in [0.15, 0.2) is 11.6 Å². The van der Waals surface area contributed by atoms with E-state index >= 15 is 0 Å². The average Bonchev–Trinajstić information content (AvgIpc) is 3.91. The van der Waals surface area contributed by atoms with Crippen LogP contribution in [0.15, 0.2) is 180 Å². The van der Waals surface area contributed by atoms with Crippen LogP contribution in [0.25, 0.3) is 111 Å². The van der Waals surface area contributed by atoms with Crippen LogP contribution in [0.3, 0.4) is 0 Å². The third-order valence-corrected chi connectivity index (χ3v) is 10.9. The zero-order valence-corrected chi connectivity index (χ0v) is 29.4. The maximum atomic E-state index is 6.71. The molecular formula is C49H29N5O. The molecule has 0 aliphatic heterocycles. The Bertz CT molecular complexity index is 3490. The lowest BCUT2D eigenvalue weighted by Crippen LogP contribution is -2.07. The molecule has 0 bridgehead atoms. The van der Waals surface area contributed by atoms with Gasteiger partial charge in [-0.15, -0.1) is 0 Å². The topological polar surface area (TPSA) is 61.7 Å². The Hall–Kier alpha value is -7.57. The molecule has 55 heavy (non-hydrogen) atoms. The number of hydrogen-bond acceptors (Lipinski definition) is 4. The first-order chi connectivity index (χ1) is 27.3. The Kier molecular flexibility index (Phi) is 6.24. The van der Waals surface area contributed by atoms with E-state index in [2.05, 4.69) is 155 Å². The van der Waals surface area contributed by atoms with Gasteiger partial charge in [0.25, 0.3) is 0 Å². The highest BCUT2D eigenvalue weighted by atomic mass is 16.3. The molecule has 6 heteroatoms. The van der Waals surface area contributed by atoms with Crippen molar-refractivity contribution in [3.05, 3.63) is 176 Å². The van der Waals surface area contributed by atoms with Gasteiger partial charge >= 0.3 is 0 Å². The van der Waals surface area contributed by atoms with Crippen molar-refractivity contribution in [3.8, 4) is 34.4 Å². The normalized spacial score (nSPS) is 12.0. The summed E-state index contributed by atoms with van der Waals surface area (Å²) >= 11 is 0. The van der Waals surface area contributed by atoms with Crippen LogP contribution in [-0.4, -0.2) is 24.1 Å². The van der Waals surface area contributed by atoms with Crippen molar-refractivity contribution >= 4 is 76.3 Å². The van der Waals surface area contributed by atoms with Gasteiger partial charge in [-0.2, -0.15) is 9.97 Å². The molecule has 256 valence electrons. The van der Waals surface area contributed by atoms with E-state index in [1.54, 1.807) is 0 Å². The maximum absolute atomic E-state index is 6.71. The Morgan fingerprint density at radius 1 is 0.400 bits per heavy atom. The van der Waals surface area contributed by atoms with Crippen LogP contribution in [0.5, 0.6) is 0 Å². The predicted octanol–water partition coefficient (Wildman–Crippen LogP) is 12.5. The summed E-state index contributed by atoms with van der Waals surface area (Å²) in [7, 11) is 0. The SMILES string of the molecule is c1ccc(-c2nc(-c3cccc4c3oc3cc5ccccc5cc34)nc(-n3c4ccccc4c4ccc5c6ccccc6n(-c6ccccc6)c5c43)n2)cc1. The highest BCUT2D eigenvalue weighted by Gasteiger charge is 2.24. The van der Waals surface area contributed by atoms with Crippen molar-refractivity contribution in [2.24, 2.45) is 0 Å². The van der Waals surface area contributed by atoms with Crippen LogP contribution in [0, 0.1) is 0 Å². The van der Waals surface area contributed by atoms with Crippen molar-refractivity contribution in [3.63, 3.8) is 0 Å². The fourth-order valence-electron chi connectivity index (χ4n) is 8.51. The second-order valence-corrected chi connectivity index (χ2v) is 14.0. The Morgan fingerprint density at radius 3 is 1.73 bits per heavy atom. The van der Waals surface area contributed by atoms with Crippen LogP contribution in [0.4, 0.5) is 0 Å². The van der Waals surface area contributed by atoms with Crippen LogP contribution in [0.1, 0.15) is 0 Å². The van der Waals surface area contributed by atoms with Crippen molar-refractivity contribution in [2.75, 3.05) is 0 Å². The lowest BCUT2D eigenvalue weighted by Gasteiger charge is -2.13. The Balaban J connectivity index is 1.21. The molecule has 0 saturated heterocycles. The van der Waals surface area contributed by atoms with Crippen molar-refractivity contribution in [2.45, 2.75) is 0 Å². The van der Waals surface area contributed by atoms with Crippen LogP contribution in [0.2, 0.25) is 0 Å². The number of hydrogen-bond donors (Lipinski definition) is 0. The molecule has 0 spiro atoms. The third-order valence-electron chi connectivity index (χ3n) is 10.9. The largest absolute Gasteiger partial charge is 0.455 e. The highest BCUT2D eigenvalue weighted by molar-refractivity contribution is 6.23. The number of furan rings is 1. The smallest absolute Gasteiger partial charge is 0.238 e. The number of aromatic nitrogens is 5. The molecule has 0 amide bonds. The molecule has 0 aliphatic rings. The molecule has 0 unspecified atom stereocenters. The summed E-state index contributed by atoms with van der Waals surface area (Å²) < 4.78 is 11.3. The van der Waals surface area contributed by atoms with Gasteiger partial charge < -0.3 is 8.98 Å². The first kappa shape index (κ1) is 29.9. The lowest BCUT2D eigenvalue weighted by atomic mass is 10.0. The molecule has 12 rings (SSSR count). The summed E-state index contributed by atoms with van der Waals surface area (Å²) in [4.78, 5) is 15.9. The molecule has 8 aromatic carbocycles. The zero-order chi connectivity index (χ0) is 36.0. The maximum Gasteiger partial charge on any atom is 0.238 e. The number of fused-ring (bicyclic) bond motifs is 11. The van der Waals surface area contributed by atoms with E-state index in [0.29, 0.717) is 17.6 Å². The quantitative estimate of drug-likeness (QED) is 0.183. The van der Waals surface area contributed by atoms with E-state index in [-0.39, 0.29) is 0 Å². The predicted molar refractivity (Wildman–Crippen MR) is 224 cm³/mol. The third kappa shape index (κ3) is 4.39. The Labute approximate surface area is 314 Å². The highest BCUT2D eigenvalue weighted by Crippen LogP contribution is 2.42. The molecule has 4 aromatic heterocycles. The number of benzene rings is 8. The van der Waals surface area contributed by atoms with Gasteiger partial charge in [-0.05, 0) is 53.2 Å². The fourth-order valence-corrected chi connectivity index (χ4v) is 8.51. The molecule has 0 radical (unpaired) electrons. The van der Waals surface area contributed by atoms with E-state index < -0.39 is 0 Å². The molecular weight excluding hydrogens is 675 g/mol. The Morgan fingerprint density at radius 2 is 0.982 bits per heavy atom. The average molecular weight is 704 g/mol. The second kappa shape index (κ2) is 11.5. The molecule has 0 N–H and O–H groups in total. The van der Waals surface area contributed by atoms with Gasteiger partial charge in [-0.3, -0.25) is 4.57 Å². The van der Waals surface area contributed by atoms with E-state index in [0.717, 1.165) is 82.4 Å². The molecule has 12 aromatic rings. The summed E-state index contributed by atoms with van der Waals surface area (Å²) in [6.45, 7) is 0. The number of nitrogens with zero attached hydrogens (tertiary/aromatic N) is 5. The molecule has 0 saturated carbocycles. The minimum Gasteiger partial charge on any atom is -0.455 e. The van der Waals surface area contributed by atoms with Crippen molar-refractivity contribution in [1.82, 2.24) is 24.1 Å². The number of rotatable bonds is 4. The second-order valence-electron chi connectivity index (χ2n) is 14.0. The minimum atomic E-state index is 0.534. The first-order valence-corrected chi connectivity index (χ1v) is 18.5. The van der Waals surface area contributed by atoms with Crippen molar-refractivity contribution < 1.29 is 4.42 Å². The van der Waals surface area contributed by atoms with Crippen molar-refractivity contribution in [1.29, 1.82) is 0 Å². The van der Waals surface area contributed by atoms with Crippen LogP contribution in [-0.2, 0) is 0 Å². The number of para-hydroxylation sites is 4. The van der Waals surface area contributed by atoms with Gasteiger partial charge in [0.2, 0.25) is 5.95 Å². The fraction of sp³-hybridized carbons (Fsp3) is 0. The minimum absolute atomic E-state index is 0.534. The van der Waals surface area contributed by atoms with E-state index in [4.69, 9.17) is 19.4 Å². The summed E-state index contributed by atoms with van der Waals surface area (Å²) in [5, 5.41) is 8.98. The van der Waals surface area contributed by atoms with E-state index in [9.17, 15) is 0 Å². The van der Waals surface area contributed by atoms with Gasteiger partial charge in [-0.25, -0.2) is 4.98 Å². The molecule has 0 aliphatic carbocycles. The summed E-state index contributed by atoms with van der Waals surface area (Å²) in [6, 6.07) is 61.4. The van der Waals surface area contributed by atoms with Gasteiger partial charge in [0.1, 0.15) is 11.2 Å². The summed E-state index contributed by atoms with van der Waals surface area (Å²) in [5.41, 5.74) is 8.65. The summed E-state index contributed by atoms with van der Waals surface area (Å²) in [5.74, 6) is 1.66. The van der Waals surface area contributed by atoms with E-state index in [1.165, 1.54) is 10.8 Å². The van der Waals surface area contributed by atoms with E-state index in [1.807, 2.05) is 30.3 Å². The van der Waals surface area contributed by atoms with Crippen LogP contribution >= 0.6 is 0 Å². The summed E-state index contributed by atoms with van der Waals surface area (Å²) in [6.07, 6.45) is 0. The molecule has 4 heterocycles. The zero-order valence-electron chi connectivity index (χ0n) is 29.4. The van der Waals surface area contributed by atoms with Gasteiger partial charge in [0, 0.05) is 43.6 Å². The lowest BCUT2D eigenvalue weighted by molar-refractivity contribution is 0.670. The van der Waals surface area contributed by atoms with Crippen LogP contribution < -0.4 is 0 Å². The van der Waals surface area contributed by atoms with Gasteiger partial charge in [0.05, 0.1) is 27.6 Å². The first-order valence-electron chi connectivity index (χ1n) is 18.5. The van der Waals surface area contributed by atoms with Gasteiger partial charge in [-0.1, -0.05) is 133 Å². The molecule has 0 fully saturated rings.